The van der Waals surface area contributed by atoms with Gasteiger partial charge in [-0.05, 0) is 37.7 Å². The van der Waals surface area contributed by atoms with Gasteiger partial charge < -0.3 is 9.80 Å². The zero-order valence-electron chi connectivity index (χ0n) is 17.3. The summed E-state index contributed by atoms with van der Waals surface area (Å²) in [5.74, 6) is 0. The maximum Gasteiger partial charge on any atom is 0.262 e. The van der Waals surface area contributed by atoms with Gasteiger partial charge >= 0.3 is 0 Å². The molecule has 3 aromatic rings. The van der Waals surface area contributed by atoms with Crippen LogP contribution in [0, 0.1) is 6.92 Å². The lowest BCUT2D eigenvalue weighted by Gasteiger charge is -2.36. The molecule has 1 fully saturated rings. The van der Waals surface area contributed by atoms with Crippen LogP contribution in [0.1, 0.15) is 12.5 Å². The number of fused-ring (bicyclic) bond motifs is 1. The fraction of sp³-hybridized carbons (Fsp3) is 0.304. The molecule has 0 aromatic heterocycles. The van der Waals surface area contributed by atoms with Crippen LogP contribution in [0.4, 0.5) is 11.4 Å². The number of anilines is 2. The number of piperazine rings is 1. The van der Waals surface area contributed by atoms with E-state index in [1.165, 1.54) is 0 Å². The largest absolute Gasteiger partial charge is 0.368 e. The third kappa shape index (κ3) is 4.56. The van der Waals surface area contributed by atoms with Gasteiger partial charge in [0, 0.05) is 48.3 Å². The lowest BCUT2D eigenvalue weighted by atomic mass is 10.1. The highest BCUT2D eigenvalue weighted by molar-refractivity contribution is 7.93. The van der Waals surface area contributed by atoms with Crippen molar-refractivity contribution in [3.63, 3.8) is 0 Å². The Labute approximate surface area is 185 Å². The van der Waals surface area contributed by atoms with E-state index in [2.05, 4.69) is 21.4 Å². The van der Waals surface area contributed by atoms with Crippen LogP contribution in [0.3, 0.4) is 0 Å². The molecule has 0 aliphatic carbocycles. The number of nitrogens with zero attached hydrogens (tertiary/aromatic N) is 2. The Kier molecular flexibility index (Phi) is 6.91. The summed E-state index contributed by atoms with van der Waals surface area (Å²) in [5, 5.41) is 1.73. The van der Waals surface area contributed by atoms with E-state index in [0.29, 0.717) is 10.6 Å². The molecule has 0 radical (unpaired) electrons. The van der Waals surface area contributed by atoms with E-state index in [1.54, 1.807) is 18.2 Å². The summed E-state index contributed by atoms with van der Waals surface area (Å²) in [7, 11) is -3.69. The second kappa shape index (κ2) is 9.25. The molecule has 0 unspecified atom stereocenters. The Hall–Kier alpha value is -2.28. The molecule has 3 aromatic carbocycles. The van der Waals surface area contributed by atoms with E-state index in [-0.39, 0.29) is 12.4 Å². The van der Waals surface area contributed by atoms with Gasteiger partial charge in [0.1, 0.15) is 0 Å². The standard InChI is InChI=1S/C23H27N3O2S.ClH/c1-3-25-14-16-26(17-15-25)22-12-13-23(21-7-5-4-6-20(21)22)29(27,28)24-19-10-8-18(2)9-11-19;/h4-13,24H,3,14-17H2,1-2H3;1H. The summed E-state index contributed by atoms with van der Waals surface area (Å²) in [6.45, 7) is 9.18. The number of hydrogen-bond acceptors (Lipinski definition) is 4. The van der Waals surface area contributed by atoms with Gasteiger partial charge in [0.2, 0.25) is 0 Å². The monoisotopic (exact) mass is 445 g/mol. The van der Waals surface area contributed by atoms with Crippen molar-refractivity contribution in [2.45, 2.75) is 18.7 Å². The zero-order chi connectivity index (χ0) is 20.4. The van der Waals surface area contributed by atoms with Crippen molar-refractivity contribution >= 4 is 44.6 Å². The van der Waals surface area contributed by atoms with Gasteiger partial charge in [-0.15, -0.1) is 12.4 Å². The molecule has 1 saturated heterocycles. The smallest absolute Gasteiger partial charge is 0.262 e. The fourth-order valence-corrected chi connectivity index (χ4v) is 5.17. The lowest BCUT2D eigenvalue weighted by molar-refractivity contribution is 0.271. The van der Waals surface area contributed by atoms with Crippen LogP contribution in [-0.2, 0) is 10.0 Å². The minimum atomic E-state index is -3.69. The number of halogens is 1. The molecule has 0 bridgehead atoms. The predicted octanol–water partition coefficient (Wildman–Crippen LogP) is 4.51. The highest BCUT2D eigenvalue weighted by atomic mass is 35.5. The fourth-order valence-electron chi connectivity index (χ4n) is 3.90. The molecule has 160 valence electrons. The van der Waals surface area contributed by atoms with Crippen molar-refractivity contribution in [1.82, 2.24) is 4.90 Å². The van der Waals surface area contributed by atoms with E-state index in [9.17, 15) is 8.42 Å². The van der Waals surface area contributed by atoms with Crippen molar-refractivity contribution < 1.29 is 8.42 Å². The molecule has 4 rings (SSSR count). The van der Waals surface area contributed by atoms with Crippen molar-refractivity contribution in [2.75, 3.05) is 42.3 Å². The van der Waals surface area contributed by atoms with Gasteiger partial charge in [0.05, 0.1) is 4.90 Å². The number of aryl methyl sites for hydroxylation is 1. The Morgan fingerprint density at radius 3 is 2.13 bits per heavy atom. The molecule has 1 heterocycles. The Bertz CT molecular complexity index is 1110. The quantitative estimate of drug-likeness (QED) is 0.627. The first-order chi connectivity index (χ1) is 14.0. The minimum absolute atomic E-state index is 0. The summed E-state index contributed by atoms with van der Waals surface area (Å²) in [6.07, 6.45) is 0. The molecule has 0 spiro atoms. The topological polar surface area (TPSA) is 52.7 Å². The molecule has 7 heteroatoms. The molecule has 5 nitrogen and oxygen atoms in total. The van der Waals surface area contributed by atoms with Gasteiger partial charge in [0.25, 0.3) is 10.0 Å². The second-order valence-corrected chi connectivity index (χ2v) is 9.17. The van der Waals surface area contributed by atoms with Gasteiger partial charge in [-0.3, -0.25) is 4.72 Å². The number of benzene rings is 3. The van der Waals surface area contributed by atoms with Crippen LogP contribution < -0.4 is 9.62 Å². The minimum Gasteiger partial charge on any atom is -0.368 e. The SMILES string of the molecule is CCN1CCN(c2ccc(S(=O)(=O)Nc3ccc(C)cc3)c3ccccc23)CC1.Cl. The van der Waals surface area contributed by atoms with Crippen LogP contribution in [0.2, 0.25) is 0 Å². The van der Waals surface area contributed by atoms with Crippen LogP contribution >= 0.6 is 12.4 Å². The second-order valence-electron chi connectivity index (χ2n) is 7.52. The molecular weight excluding hydrogens is 418 g/mol. The summed E-state index contributed by atoms with van der Waals surface area (Å²) in [5.41, 5.74) is 2.76. The normalized spacial score (nSPS) is 15.1. The number of rotatable bonds is 5. The van der Waals surface area contributed by atoms with Crippen LogP contribution in [0.15, 0.2) is 65.6 Å². The van der Waals surface area contributed by atoms with E-state index in [1.807, 2.05) is 49.4 Å². The third-order valence-corrected chi connectivity index (χ3v) is 7.05. The first-order valence-corrected chi connectivity index (χ1v) is 11.5. The predicted molar refractivity (Wildman–Crippen MR) is 128 cm³/mol. The van der Waals surface area contributed by atoms with Crippen molar-refractivity contribution in [1.29, 1.82) is 0 Å². The van der Waals surface area contributed by atoms with Crippen molar-refractivity contribution in [3.8, 4) is 0 Å². The van der Waals surface area contributed by atoms with Crippen molar-refractivity contribution in [2.24, 2.45) is 0 Å². The molecule has 1 N–H and O–H groups in total. The molecule has 0 atom stereocenters. The Balaban J connectivity index is 0.00000256. The Morgan fingerprint density at radius 1 is 0.867 bits per heavy atom. The van der Waals surface area contributed by atoms with E-state index >= 15 is 0 Å². The maximum atomic E-state index is 13.1. The summed E-state index contributed by atoms with van der Waals surface area (Å²) < 4.78 is 29.0. The van der Waals surface area contributed by atoms with Gasteiger partial charge in [0.15, 0.2) is 0 Å². The molecule has 1 aliphatic heterocycles. The Morgan fingerprint density at radius 2 is 1.50 bits per heavy atom. The zero-order valence-corrected chi connectivity index (χ0v) is 19.0. The highest BCUT2D eigenvalue weighted by Gasteiger charge is 2.22. The molecule has 1 aliphatic rings. The highest BCUT2D eigenvalue weighted by Crippen LogP contribution is 2.33. The van der Waals surface area contributed by atoms with E-state index < -0.39 is 10.0 Å². The molecule has 0 saturated carbocycles. The number of sulfonamides is 1. The summed E-state index contributed by atoms with van der Waals surface area (Å²) >= 11 is 0. The van der Waals surface area contributed by atoms with Crippen LogP contribution in [0.25, 0.3) is 10.8 Å². The maximum absolute atomic E-state index is 13.1. The molecule has 30 heavy (non-hydrogen) atoms. The van der Waals surface area contributed by atoms with Crippen molar-refractivity contribution in [3.05, 3.63) is 66.2 Å². The van der Waals surface area contributed by atoms with Crippen LogP contribution in [0.5, 0.6) is 0 Å². The van der Waals surface area contributed by atoms with Gasteiger partial charge in [-0.2, -0.15) is 0 Å². The molecule has 0 amide bonds. The average Bonchev–Trinajstić information content (AvgIpc) is 2.74. The van der Waals surface area contributed by atoms with Crippen LogP contribution in [-0.4, -0.2) is 46.0 Å². The first-order valence-electron chi connectivity index (χ1n) is 10.1. The third-order valence-electron chi connectivity index (χ3n) is 5.61. The summed E-state index contributed by atoms with van der Waals surface area (Å²) in [4.78, 5) is 5.10. The van der Waals surface area contributed by atoms with Gasteiger partial charge in [-0.25, -0.2) is 8.42 Å². The lowest BCUT2D eigenvalue weighted by Crippen LogP contribution is -2.46. The first kappa shape index (κ1) is 22.4. The summed E-state index contributed by atoms with van der Waals surface area (Å²) in [6, 6.07) is 18.8. The van der Waals surface area contributed by atoms with E-state index in [0.717, 1.165) is 54.7 Å². The molecular formula is C23H28ClN3O2S. The average molecular weight is 446 g/mol. The van der Waals surface area contributed by atoms with Gasteiger partial charge in [-0.1, -0.05) is 48.9 Å². The number of hydrogen-bond donors (Lipinski definition) is 1. The number of likely N-dealkylation sites (N-methyl/N-ethyl adjacent to an activating group) is 1. The number of nitrogens with one attached hydrogen (secondary N) is 1. The van der Waals surface area contributed by atoms with E-state index in [4.69, 9.17) is 0 Å².